The fraction of sp³-hybridized carbons (Fsp3) is 1.00. The van der Waals surface area contributed by atoms with Gasteiger partial charge in [-0.1, -0.05) is 6.42 Å². The predicted molar refractivity (Wildman–Crippen MR) is 64.0 cm³/mol. The zero-order valence-electron chi connectivity index (χ0n) is 10.4. The van der Waals surface area contributed by atoms with Crippen LogP contribution in [0.15, 0.2) is 0 Å². The molecule has 1 aliphatic carbocycles. The number of hydrogen-bond acceptors (Lipinski definition) is 3. The molecule has 1 rings (SSSR count). The molecule has 0 aromatic carbocycles. The first-order valence-electron chi connectivity index (χ1n) is 6.08. The van der Waals surface area contributed by atoms with Crippen LogP contribution in [-0.2, 0) is 0 Å². The molecule has 0 amide bonds. The summed E-state index contributed by atoms with van der Waals surface area (Å²) in [5.41, 5.74) is -0.117. The van der Waals surface area contributed by atoms with Crippen molar-refractivity contribution in [3.63, 3.8) is 0 Å². The van der Waals surface area contributed by atoms with Crippen molar-refractivity contribution in [2.75, 3.05) is 33.8 Å². The third-order valence-electron chi connectivity index (χ3n) is 3.79. The van der Waals surface area contributed by atoms with Gasteiger partial charge < -0.3 is 15.3 Å². The van der Waals surface area contributed by atoms with Gasteiger partial charge >= 0.3 is 0 Å². The zero-order chi connectivity index (χ0) is 11.3. The maximum Gasteiger partial charge on any atom is 0.0610 e. The Hall–Kier alpha value is -0.120. The number of nitrogens with one attached hydrogen (secondary N) is 1. The van der Waals surface area contributed by atoms with E-state index >= 15 is 0 Å². The molecule has 0 aromatic rings. The Kier molecular flexibility index (Phi) is 5.03. The summed E-state index contributed by atoms with van der Waals surface area (Å²) < 4.78 is 0. The first kappa shape index (κ1) is 12.9. The van der Waals surface area contributed by atoms with Crippen molar-refractivity contribution in [3.8, 4) is 0 Å². The summed E-state index contributed by atoms with van der Waals surface area (Å²) in [5.74, 6) is 0.935. The van der Waals surface area contributed by atoms with E-state index in [1.54, 1.807) is 0 Å². The molecule has 90 valence electrons. The van der Waals surface area contributed by atoms with Gasteiger partial charge in [-0.15, -0.1) is 0 Å². The first-order valence-corrected chi connectivity index (χ1v) is 6.08. The van der Waals surface area contributed by atoms with Crippen molar-refractivity contribution in [1.82, 2.24) is 10.2 Å². The molecule has 0 spiro atoms. The average molecular weight is 214 g/mol. The lowest BCUT2D eigenvalue weighted by atomic mass is 9.85. The summed E-state index contributed by atoms with van der Waals surface area (Å²) in [6.07, 6.45) is 5.24. The van der Waals surface area contributed by atoms with Gasteiger partial charge in [-0.05, 0) is 52.7 Å². The molecule has 3 nitrogen and oxygen atoms in total. The van der Waals surface area contributed by atoms with Crippen molar-refractivity contribution in [2.24, 2.45) is 5.92 Å². The fourth-order valence-electron chi connectivity index (χ4n) is 1.93. The van der Waals surface area contributed by atoms with E-state index in [-0.39, 0.29) is 12.1 Å². The van der Waals surface area contributed by atoms with Crippen LogP contribution in [0.25, 0.3) is 0 Å². The third-order valence-corrected chi connectivity index (χ3v) is 3.79. The van der Waals surface area contributed by atoms with Crippen LogP contribution in [0.1, 0.15) is 32.6 Å². The molecule has 0 radical (unpaired) electrons. The SMILES string of the molecule is CNC(C)(CO)CCN(C)CC1CCC1. The summed E-state index contributed by atoms with van der Waals surface area (Å²) in [6.45, 7) is 4.57. The Morgan fingerprint density at radius 2 is 2.13 bits per heavy atom. The minimum Gasteiger partial charge on any atom is -0.394 e. The Balaban J connectivity index is 2.16. The lowest BCUT2D eigenvalue weighted by Gasteiger charge is -2.33. The number of hydrogen-bond donors (Lipinski definition) is 2. The summed E-state index contributed by atoms with van der Waals surface area (Å²) in [6, 6.07) is 0. The quantitative estimate of drug-likeness (QED) is 0.665. The molecule has 1 aliphatic rings. The van der Waals surface area contributed by atoms with E-state index in [0.717, 1.165) is 18.9 Å². The summed E-state index contributed by atoms with van der Waals surface area (Å²) in [5, 5.41) is 12.4. The molecule has 1 fully saturated rings. The Bertz CT molecular complexity index is 176. The third kappa shape index (κ3) is 4.09. The molecule has 0 bridgehead atoms. The van der Waals surface area contributed by atoms with Gasteiger partial charge in [-0.2, -0.15) is 0 Å². The molecule has 1 unspecified atom stereocenters. The second-order valence-corrected chi connectivity index (χ2v) is 5.28. The normalized spacial score (nSPS) is 21.4. The molecular weight excluding hydrogens is 188 g/mol. The van der Waals surface area contributed by atoms with Crippen LogP contribution in [0.3, 0.4) is 0 Å². The van der Waals surface area contributed by atoms with E-state index in [4.69, 9.17) is 0 Å². The van der Waals surface area contributed by atoms with Crippen molar-refractivity contribution < 1.29 is 5.11 Å². The van der Waals surface area contributed by atoms with Crippen LogP contribution >= 0.6 is 0 Å². The Morgan fingerprint density at radius 3 is 2.53 bits per heavy atom. The van der Waals surface area contributed by atoms with Gasteiger partial charge in [-0.25, -0.2) is 0 Å². The zero-order valence-corrected chi connectivity index (χ0v) is 10.4. The summed E-state index contributed by atoms with van der Waals surface area (Å²) >= 11 is 0. The Morgan fingerprint density at radius 1 is 1.47 bits per heavy atom. The highest BCUT2D eigenvalue weighted by molar-refractivity contribution is 4.82. The molecule has 0 saturated heterocycles. The van der Waals surface area contributed by atoms with E-state index in [0.29, 0.717) is 0 Å². The van der Waals surface area contributed by atoms with E-state index in [1.165, 1.54) is 25.8 Å². The van der Waals surface area contributed by atoms with Crippen molar-refractivity contribution in [3.05, 3.63) is 0 Å². The number of rotatable bonds is 7. The molecule has 1 atom stereocenters. The number of aliphatic hydroxyl groups is 1. The van der Waals surface area contributed by atoms with Crippen LogP contribution in [0, 0.1) is 5.92 Å². The van der Waals surface area contributed by atoms with Crippen LogP contribution in [0.5, 0.6) is 0 Å². The van der Waals surface area contributed by atoms with E-state index in [1.807, 2.05) is 7.05 Å². The van der Waals surface area contributed by atoms with Crippen molar-refractivity contribution in [1.29, 1.82) is 0 Å². The smallest absolute Gasteiger partial charge is 0.0610 e. The molecule has 3 heteroatoms. The summed E-state index contributed by atoms with van der Waals surface area (Å²) in [4.78, 5) is 2.40. The monoisotopic (exact) mass is 214 g/mol. The van der Waals surface area contributed by atoms with Gasteiger partial charge in [0.2, 0.25) is 0 Å². The number of nitrogens with zero attached hydrogens (tertiary/aromatic N) is 1. The maximum atomic E-state index is 9.26. The highest BCUT2D eigenvalue weighted by Crippen LogP contribution is 2.26. The largest absolute Gasteiger partial charge is 0.394 e. The van der Waals surface area contributed by atoms with Gasteiger partial charge in [0.1, 0.15) is 0 Å². The molecule has 0 heterocycles. The van der Waals surface area contributed by atoms with E-state index in [2.05, 4.69) is 24.2 Å². The second kappa shape index (κ2) is 5.83. The maximum absolute atomic E-state index is 9.26. The van der Waals surface area contributed by atoms with Crippen LogP contribution < -0.4 is 5.32 Å². The number of aliphatic hydroxyl groups excluding tert-OH is 1. The van der Waals surface area contributed by atoms with Gasteiger partial charge in [0.15, 0.2) is 0 Å². The number of likely N-dealkylation sites (N-methyl/N-ethyl adjacent to an activating group) is 1. The molecule has 1 saturated carbocycles. The lowest BCUT2D eigenvalue weighted by Crippen LogP contribution is -2.46. The van der Waals surface area contributed by atoms with E-state index < -0.39 is 0 Å². The van der Waals surface area contributed by atoms with Gasteiger partial charge in [0.05, 0.1) is 6.61 Å². The van der Waals surface area contributed by atoms with Gasteiger partial charge in [-0.3, -0.25) is 0 Å². The topological polar surface area (TPSA) is 35.5 Å². The first-order chi connectivity index (χ1) is 7.09. The van der Waals surface area contributed by atoms with Gasteiger partial charge in [0.25, 0.3) is 0 Å². The molecule has 2 N–H and O–H groups in total. The van der Waals surface area contributed by atoms with Crippen molar-refractivity contribution in [2.45, 2.75) is 38.1 Å². The molecule has 0 aliphatic heterocycles. The highest BCUT2D eigenvalue weighted by atomic mass is 16.3. The average Bonchev–Trinajstić information content (AvgIpc) is 2.20. The Labute approximate surface area is 93.9 Å². The summed E-state index contributed by atoms with van der Waals surface area (Å²) in [7, 11) is 4.11. The minimum absolute atomic E-state index is 0.117. The van der Waals surface area contributed by atoms with Crippen molar-refractivity contribution >= 4 is 0 Å². The highest BCUT2D eigenvalue weighted by Gasteiger charge is 2.23. The van der Waals surface area contributed by atoms with E-state index in [9.17, 15) is 5.11 Å². The standard InChI is InChI=1S/C12H26N2O/c1-12(10-15,13-2)7-8-14(3)9-11-5-4-6-11/h11,13,15H,4-10H2,1-3H3. The van der Waals surface area contributed by atoms with Gasteiger partial charge in [0, 0.05) is 12.1 Å². The van der Waals surface area contributed by atoms with Crippen LogP contribution in [0.2, 0.25) is 0 Å². The lowest BCUT2D eigenvalue weighted by molar-refractivity contribution is 0.145. The second-order valence-electron chi connectivity index (χ2n) is 5.28. The fourth-order valence-corrected chi connectivity index (χ4v) is 1.93. The minimum atomic E-state index is -0.117. The van der Waals surface area contributed by atoms with Crippen LogP contribution in [-0.4, -0.2) is 49.3 Å². The predicted octanol–water partition coefficient (Wildman–Crippen LogP) is 1.08. The molecule has 0 aromatic heterocycles. The molecular formula is C12H26N2O. The van der Waals surface area contributed by atoms with Crippen LogP contribution in [0.4, 0.5) is 0 Å². The molecule has 15 heavy (non-hydrogen) atoms.